The summed E-state index contributed by atoms with van der Waals surface area (Å²) in [4.78, 5) is 11.0. The highest BCUT2D eigenvalue weighted by molar-refractivity contribution is 7.99. The summed E-state index contributed by atoms with van der Waals surface area (Å²) >= 11 is 1.79. The Hall–Kier alpha value is -1.00. The van der Waals surface area contributed by atoms with Gasteiger partial charge in [-0.25, -0.2) is 4.79 Å². The zero-order chi connectivity index (χ0) is 12.9. The van der Waals surface area contributed by atoms with E-state index in [0.29, 0.717) is 12.1 Å². The summed E-state index contributed by atoms with van der Waals surface area (Å²) in [5.41, 5.74) is 1.21. The molecule has 0 radical (unpaired) electrons. The van der Waals surface area contributed by atoms with Gasteiger partial charge >= 0.3 is 5.97 Å². The topological polar surface area (TPSA) is 49.3 Å². The molecule has 0 amide bonds. The van der Waals surface area contributed by atoms with E-state index in [-0.39, 0.29) is 4.75 Å². The Balaban J connectivity index is 2.61. The fourth-order valence-corrected chi connectivity index (χ4v) is 1.70. The average molecular weight is 253 g/mol. The van der Waals surface area contributed by atoms with E-state index in [4.69, 9.17) is 5.11 Å². The minimum absolute atomic E-state index is 0.165. The van der Waals surface area contributed by atoms with Crippen LogP contribution in [0.15, 0.2) is 24.3 Å². The summed E-state index contributed by atoms with van der Waals surface area (Å²) in [5.74, 6) is -0.869. The first-order chi connectivity index (χ1) is 7.96. The SMILES string of the molecule is CSC(C)(C)CNCc1ccccc1C(=O)O. The largest absolute Gasteiger partial charge is 0.478 e. The molecule has 0 spiro atoms. The van der Waals surface area contributed by atoms with Crippen LogP contribution < -0.4 is 5.32 Å². The summed E-state index contributed by atoms with van der Waals surface area (Å²) < 4.78 is 0.165. The molecule has 2 N–H and O–H groups in total. The van der Waals surface area contributed by atoms with E-state index < -0.39 is 5.97 Å². The van der Waals surface area contributed by atoms with Crippen LogP contribution in [0.25, 0.3) is 0 Å². The lowest BCUT2D eigenvalue weighted by atomic mass is 10.1. The number of carbonyl (C=O) groups is 1. The Labute approximate surface area is 107 Å². The number of nitrogens with one attached hydrogen (secondary N) is 1. The Bertz CT molecular complexity index is 391. The van der Waals surface area contributed by atoms with Crippen molar-refractivity contribution in [3.05, 3.63) is 35.4 Å². The average Bonchev–Trinajstić information content (AvgIpc) is 2.29. The fraction of sp³-hybridized carbons (Fsp3) is 0.462. The zero-order valence-corrected chi connectivity index (χ0v) is 11.3. The van der Waals surface area contributed by atoms with Crippen LogP contribution in [0.1, 0.15) is 29.8 Å². The number of carboxylic acid groups (broad SMARTS) is 1. The molecule has 0 aliphatic rings. The molecule has 0 fully saturated rings. The molecule has 1 aromatic rings. The summed E-state index contributed by atoms with van der Waals surface area (Å²) in [6, 6.07) is 7.10. The van der Waals surface area contributed by atoms with Gasteiger partial charge in [0, 0.05) is 17.8 Å². The van der Waals surface area contributed by atoms with Gasteiger partial charge in [-0.1, -0.05) is 18.2 Å². The van der Waals surface area contributed by atoms with Gasteiger partial charge in [0.25, 0.3) is 0 Å². The van der Waals surface area contributed by atoms with Gasteiger partial charge < -0.3 is 10.4 Å². The number of aromatic carboxylic acids is 1. The quantitative estimate of drug-likeness (QED) is 0.818. The van der Waals surface area contributed by atoms with Crippen LogP contribution in [0.3, 0.4) is 0 Å². The lowest BCUT2D eigenvalue weighted by Gasteiger charge is -2.22. The molecule has 0 aliphatic carbocycles. The van der Waals surface area contributed by atoms with Gasteiger partial charge in [0.2, 0.25) is 0 Å². The Morgan fingerprint density at radius 3 is 2.65 bits per heavy atom. The van der Waals surface area contributed by atoms with Gasteiger partial charge in [-0.2, -0.15) is 11.8 Å². The first-order valence-electron chi connectivity index (χ1n) is 5.53. The van der Waals surface area contributed by atoms with Crippen LogP contribution in [0, 0.1) is 0 Å². The van der Waals surface area contributed by atoms with Crippen molar-refractivity contribution < 1.29 is 9.90 Å². The van der Waals surface area contributed by atoms with E-state index in [2.05, 4.69) is 25.4 Å². The zero-order valence-electron chi connectivity index (χ0n) is 10.5. The van der Waals surface area contributed by atoms with Gasteiger partial charge in [-0.15, -0.1) is 0 Å². The molecular formula is C13H19NO2S. The minimum atomic E-state index is -0.869. The number of rotatable bonds is 6. The summed E-state index contributed by atoms with van der Waals surface area (Å²) in [6.45, 7) is 5.76. The van der Waals surface area contributed by atoms with Crippen molar-refractivity contribution in [2.75, 3.05) is 12.8 Å². The highest BCUT2D eigenvalue weighted by Gasteiger charge is 2.15. The van der Waals surface area contributed by atoms with E-state index in [9.17, 15) is 4.79 Å². The lowest BCUT2D eigenvalue weighted by Crippen LogP contribution is -2.31. The molecule has 3 nitrogen and oxygen atoms in total. The standard InChI is InChI=1S/C13H19NO2S/c1-13(2,17-3)9-14-8-10-6-4-5-7-11(10)12(15)16/h4-7,14H,8-9H2,1-3H3,(H,15,16). The van der Waals surface area contributed by atoms with Crippen molar-refractivity contribution in [1.82, 2.24) is 5.32 Å². The first-order valence-corrected chi connectivity index (χ1v) is 6.76. The molecule has 0 unspecified atom stereocenters. The molecule has 0 saturated heterocycles. The molecule has 0 aliphatic heterocycles. The second-order valence-corrected chi connectivity index (χ2v) is 6.04. The second-order valence-electron chi connectivity index (χ2n) is 4.53. The molecule has 0 aromatic heterocycles. The number of benzene rings is 1. The smallest absolute Gasteiger partial charge is 0.336 e. The van der Waals surface area contributed by atoms with Crippen molar-refractivity contribution in [1.29, 1.82) is 0 Å². The van der Waals surface area contributed by atoms with Crippen LogP contribution in [0.4, 0.5) is 0 Å². The predicted octanol–water partition coefficient (Wildman–Crippen LogP) is 2.62. The second kappa shape index (κ2) is 6.07. The fourth-order valence-electron chi connectivity index (χ4n) is 1.45. The maximum absolute atomic E-state index is 11.0. The van der Waals surface area contributed by atoms with E-state index in [1.807, 2.05) is 12.1 Å². The van der Waals surface area contributed by atoms with E-state index in [1.54, 1.807) is 23.9 Å². The van der Waals surface area contributed by atoms with Crippen LogP contribution >= 0.6 is 11.8 Å². The number of hydrogen-bond donors (Lipinski definition) is 2. The Morgan fingerprint density at radius 1 is 1.41 bits per heavy atom. The van der Waals surface area contributed by atoms with Crippen molar-refractivity contribution in [2.45, 2.75) is 25.1 Å². The number of hydrogen-bond acceptors (Lipinski definition) is 3. The molecule has 17 heavy (non-hydrogen) atoms. The third-order valence-corrected chi connectivity index (χ3v) is 3.92. The lowest BCUT2D eigenvalue weighted by molar-refractivity contribution is 0.0695. The van der Waals surface area contributed by atoms with Crippen molar-refractivity contribution in [2.24, 2.45) is 0 Å². The third kappa shape index (κ3) is 4.40. The van der Waals surface area contributed by atoms with E-state index in [0.717, 1.165) is 12.1 Å². The maximum Gasteiger partial charge on any atom is 0.336 e. The predicted molar refractivity (Wildman–Crippen MR) is 72.7 cm³/mol. The van der Waals surface area contributed by atoms with Crippen molar-refractivity contribution in [3.63, 3.8) is 0 Å². The van der Waals surface area contributed by atoms with Crippen molar-refractivity contribution >= 4 is 17.7 Å². The molecule has 0 bridgehead atoms. The van der Waals surface area contributed by atoms with E-state index in [1.165, 1.54) is 0 Å². The summed E-state index contributed by atoms with van der Waals surface area (Å²) in [5, 5.41) is 12.3. The third-order valence-electron chi connectivity index (χ3n) is 2.67. The van der Waals surface area contributed by atoms with E-state index >= 15 is 0 Å². The van der Waals surface area contributed by atoms with Gasteiger partial charge in [-0.05, 0) is 31.7 Å². The van der Waals surface area contributed by atoms with Gasteiger partial charge in [-0.3, -0.25) is 0 Å². The maximum atomic E-state index is 11.0. The molecular weight excluding hydrogens is 234 g/mol. The normalized spacial score (nSPS) is 11.5. The molecule has 1 aromatic carbocycles. The Morgan fingerprint density at radius 2 is 2.06 bits per heavy atom. The van der Waals surface area contributed by atoms with Gasteiger partial charge in [0.15, 0.2) is 0 Å². The molecule has 0 atom stereocenters. The van der Waals surface area contributed by atoms with Crippen LogP contribution in [0.5, 0.6) is 0 Å². The summed E-state index contributed by atoms with van der Waals surface area (Å²) in [6.07, 6.45) is 2.08. The minimum Gasteiger partial charge on any atom is -0.478 e. The molecule has 0 heterocycles. The van der Waals surface area contributed by atoms with Gasteiger partial charge in [0.05, 0.1) is 5.56 Å². The number of carboxylic acids is 1. The Kier molecular flexibility index (Phi) is 5.02. The van der Waals surface area contributed by atoms with Gasteiger partial charge in [0.1, 0.15) is 0 Å². The number of thioether (sulfide) groups is 1. The van der Waals surface area contributed by atoms with Crippen LogP contribution in [0.2, 0.25) is 0 Å². The molecule has 4 heteroatoms. The molecule has 94 valence electrons. The monoisotopic (exact) mass is 253 g/mol. The highest BCUT2D eigenvalue weighted by atomic mass is 32.2. The van der Waals surface area contributed by atoms with Crippen molar-refractivity contribution in [3.8, 4) is 0 Å². The highest BCUT2D eigenvalue weighted by Crippen LogP contribution is 2.19. The molecule has 1 rings (SSSR count). The first kappa shape index (κ1) is 14.1. The molecule has 0 saturated carbocycles. The summed E-state index contributed by atoms with van der Waals surface area (Å²) in [7, 11) is 0. The van der Waals surface area contributed by atoms with Crippen LogP contribution in [-0.4, -0.2) is 28.6 Å². The van der Waals surface area contributed by atoms with Crippen LogP contribution in [-0.2, 0) is 6.54 Å².